The summed E-state index contributed by atoms with van der Waals surface area (Å²) in [5.74, 6) is 1.26. The topological polar surface area (TPSA) is 188 Å². The molecule has 4 saturated heterocycles. The Labute approximate surface area is 533 Å². The van der Waals surface area contributed by atoms with Crippen molar-refractivity contribution < 1.29 is 55.1 Å². The Bertz CT molecular complexity index is 3780. The summed E-state index contributed by atoms with van der Waals surface area (Å²) in [6.07, 6.45) is 13.3. The van der Waals surface area contributed by atoms with E-state index in [2.05, 4.69) is 61.6 Å². The third kappa shape index (κ3) is 13.7. The van der Waals surface area contributed by atoms with Crippen molar-refractivity contribution in [3.63, 3.8) is 0 Å². The zero-order chi connectivity index (χ0) is 60.8. The van der Waals surface area contributed by atoms with Crippen LogP contribution in [0.15, 0.2) is 73.6 Å². The van der Waals surface area contributed by atoms with E-state index in [1.165, 1.54) is 93.6 Å². The molecule has 6 fully saturated rings. The van der Waals surface area contributed by atoms with Crippen molar-refractivity contribution in [2.24, 2.45) is 0 Å². The third-order valence-corrected chi connectivity index (χ3v) is 20.4. The predicted molar refractivity (Wildman–Crippen MR) is 330 cm³/mol. The molecule has 8 aromatic rings. The molecule has 4 atom stereocenters. The minimum absolute atomic E-state index is 0.131. The Balaban J connectivity index is 0.000000142. The number of piperidine rings is 2. The summed E-state index contributed by atoms with van der Waals surface area (Å²) in [7, 11) is 2.46. The number of methoxy groups -OCH3 is 2. The number of ether oxygens (including phenoxy) is 4. The van der Waals surface area contributed by atoms with Gasteiger partial charge in [-0.2, -0.15) is 17.6 Å². The van der Waals surface area contributed by atoms with Gasteiger partial charge in [-0.05, 0) is 142 Å². The molecule has 27 heteroatoms. The second-order valence-corrected chi connectivity index (χ2v) is 27.3. The quantitative estimate of drug-likeness (QED) is 0.0576. The Morgan fingerprint density at radius 3 is 1.52 bits per heavy atom. The van der Waals surface area contributed by atoms with E-state index in [1.54, 1.807) is 18.2 Å². The Hall–Kier alpha value is -5.34. The van der Waals surface area contributed by atoms with Gasteiger partial charge in [0.15, 0.2) is 20.5 Å². The number of thiazole rings is 2. The molecule has 2 aliphatic carbocycles. The second-order valence-electron chi connectivity index (χ2n) is 22.4. The molecule has 4 aromatic carbocycles. The number of anilines is 1. The summed E-state index contributed by atoms with van der Waals surface area (Å²) in [6.45, 7) is -4.68. The summed E-state index contributed by atoms with van der Waals surface area (Å²) in [5, 5.41) is 23.1. The molecule has 3 N–H and O–H groups in total. The zero-order valence-electron chi connectivity index (χ0n) is 46.7. The highest BCUT2D eigenvalue weighted by Crippen LogP contribution is 2.49. The summed E-state index contributed by atoms with van der Waals surface area (Å²) >= 11 is 31.7. The smallest absolute Gasteiger partial charge is 0.387 e. The number of rotatable bonds is 17. The molecule has 8 heterocycles. The first-order valence-electron chi connectivity index (χ1n) is 28.5. The number of carbonyl (C=O) groups excluding carboxylic acids is 2. The number of hydrogen-bond donors (Lipinski definition) is 3. The fraction of sp³-hybridized carbons (Fsp3) is 0.433. The lowest BCUT2D eigenvalue weighted by Gasteiger charge is -2.39. The molecule has 2 saturated carbocycles. The number of nitrogens with zero attached hydrogens (tertiary/aromatic N) is 5. The minimum atomic E-state index is -3.04. The van der Waals surface area contributed by atoms with E-state index in [4.69, 9.17) is 69.9 Å². The number of carbonyl (C=O) groups is 2. The number of fused-ring (bicyclic) bond motifs is 6. The molecule has 0 radical (unpaired) electrons. The van der Waals surface area contributed by atoms with Crippen LogP contribution in [0.1, 0.15) is 132 Å². The maximum atomic E-state index is 13.2. The van der Waals surface area contributed by atoms with E-state index in [9.17, 15) is 27.2 Å². The van der Waals surface area contributed by atoms with Crippen LogP contribution in [0.2, 0.25) is 20.1 Å². The van der Waals surface area contributed by atoms with Gasteiger partial charge < -0.3 is 48.8 Å². The first-order chi connectivity index (χ1) is 42.0. The third-order valence-electron chi connectivity index (χ3n) is 16.7. The van der Waals surface area contributed by atoms with Crippen LogP contribution in [-0.2, 0) is 22.6 Å². The highest BCUT2D eigenvalue weighted by molar-refractivity contribution is 9.11. The first-order valence-corrected chi connectivity index (χ1v) is 32.4. The largest absolute Gasteiger partial charge is 0.465 e. The molecule has 6 aliphatic rings. The lowest BCUT2D eigenvalue weighted by atomic mass is 9.97. The summed E-state index contributed by atoms with van der Waals surface area (Å²) < 4.78 is 82.7. The average Bonchev–Trinajstić information content (AvgIpc) is 2.01. The van der Waals surface area contributed by atoms with Crippen LogP contribution in [0.4, 0.5) is 22.7 Å². The predicted octanol–water partition coefficient (Wildman–Crippen LogP) is 16.2. The summed E-state index contributed by atoms with van der Waals surface area (Å²) in [5.41, 5.74) is 5.97. The van der Waals surface area contributed by atoms with E-state index < -0.39 is 25.2 Å². The molecule has 87 heavy (non-hydrogen) atoms. The van der Waals surface area contributed by atoms with Crippen molar-refractivity contribution >= 4 is 123 Å². The van der Waals surface area contributed by atoms with Crippen molar-refractivity contribution in [3.8, 4) is 34.0 Å². The van der Waals surface area contributed by atoms with Gasteiger partial charge in [0.05, 0.1) is 54.8 Å². The van der Waals surface area contributed by atoms with Crippen LogP contribution in [0, 0.1) is 0 Å². The van der Waals surface area contributed by atoms with Crippen LogP contribution in [0.25, 0.3) is 42.9 Å². The molecule has 14 rings (SSSR count). The van der Waals surface area contributed by atoms with Crippen molar-refractivity contribution in [1.29, 1.82) is 0 Å². The fourth-order valence-electron chi connectivity index (χ4n) is 12.4. The summed E-state index contributed by atoms with van der Waals surface area (Å²) in [6, 6.07) is 19.2. The lowest BCUT2D eigenvalue weighted by Crippen LogP contribution is -2.49. The van der Waals surface area contributed by atoms with Gasteiger partial charge in [0.2, 0.25) is 0 Å². The highest BCUT2D eigenvalue weighted by atomic mass is 79.9. The second kappa shape index (κ2) is 26.6. The fourth-order valence-corrected chi connectivity index (χ4v) is 16.2. The molecule has 4 aliphatic heterocycles. The van der Waals surface area contributed by atoms with Crippen LogP contribution in [0.5, 0.6) is 11.5 Å². The number of nitrogens with one attached hydrogen (secondary N) is 3. The molecule has 16 nitrogen and oxygen atoms in total. The SMILES string of the molecule is COC(=O)c1cc(OC(F)F)c2nc(Br)sc2c1.COC(=O)c1cc(OC(F)F)c2nc(N3C4CCC3CC(NCc3c(-c5c(Cl)cccc5Cl)noc3C3CC3)C4)sc2c1.Clc1cccc(Cl)c1-c1noc(C2CC2)c1CNC1CC2CCC(C1)N2. The zero-order valence-corrected chi connectivity index (χ0v) is 52.9. The monoisotopic (exact) mass is 1380 g/mol. The van der Waals surface area contributed by atoms with Gasteiger partial charge in [0.25, 0.3) is 0 Å². The first kappa shape index (κ1) is 61.9. The van der Waals surface area contributed by atoms with Gasteiger partial charge in [-0.1, -0.05) is 80.2 Å². The van der Waals surface area contributed by atoms with Gasteiger partial charge in [-0.15, -0.1) is 11.3 Å². The Morgan fingerprint density at radius 2 is 1.08 bits per heavy atom. The molecule has 4 aromatic heterocycles. The van der Waals surface area contributed by atoms with E-state index >= 15 is 0 Å². The van der Waals surface area contributed by atoms with Crippen molar-refractivity contribution in [2.45, 2.75) is 151 Å². The minimum Gasteiger partial charge on any atom is -0.465 e. The highest BCUT2D eigenvalue weighted by Gasteiger charge is 2.43. The molecule has 4 bridgehead atoms. The maximum absolute atomic E-state index is 13.2. The Kier molecular flexibility index (Phi) is 18.9. The molecular weight excluding hydrogens is 1320 g/mol. The van der Waals surface area contributed by atoms with Gasteiger partial charge in [-0.25, -0.2) is 19.6 Å². The van der Waals surface area contributed by atoms with E-state index in [1.807, 2.05) is 24.3 Å². The molecule has 0 spiro atoms. The van der Waals surface area contributed by atoms with Crippen molar-refractivity contribution in [3.05, 3.63) is 118 Å². The number of aromatic nitrogens is 4. The van der Waals surface area contributed by atoms with Crippen molar-refractivity contribution in [1.82, 2.24) is 36.2 Å². The lowest BCUT2D eigenvalue weighted by molar-refractivity contribution is -0.0496. The van der Waals surface area contributed by atoms with Crippen LogP contribution < -0.4 is 30.3 Å². The van der Waals surface area contributed by atoms with Gasteiger partial charge >= 0.3 is 25.2 Å². The molecule has 4 unspecified atom stereocenters. The molecule has 0 amide bonds. The molecular formula is C60H57BrCl4F4N8O8S2. The number of halogens is 9. The van der Waals surface area contributed by atoms with E-state index in [0.717, 1.165) is 84.1 Å². The van der Waals surface area contributed by atoms with Gasteiger partial charge in [-0.3, -0.25) is 0 Å². The number of hydrogen-bond acceptors (Lipinski definition) is 18. The van der Waals surface area contributed by atoms with E-state index in [0.29, 0.717) is 86.7 Å². The standard InChI is InChI=1S/C30H28Cl2F2N4O4S.C20H23Cl2N3O.C10H6BrF2NO3S/c1-40-28(39)15-9-22(41-29(33)34)26-23(10-15)43-30(36-26)38-17-7-8-18(38)12-16(11-17)35-13-19-25(37-42-27(19)14-5-6-14)24-20(31)3-2-4-21(24)32;21-16-2-1-3-17(22)18(16)19-15(20(26-25-19)11-4-5-11)10-23-14-8-12-6-7-13(9-14)24-12;1-16-8(15)4-2-5(17-10(12)13)7-6(3-4)18-9(11)14-7/h2-4,9-10,14,16-18,29,35H,5-8,11-13H2,1H3;1-3,11-14,23-24H,4-10H2;2-3,10H,1H3. The van der Waals surface area contributed by atoms with Crippen LogP contribution in [-0.4, -0.2) is 95.9 Å². The normalized spacial score (nSPS) is 21.3. The van der Waals surface area contributed by atoms with E-state index in [-0.39, 0.29) is 46.3 Å². The van der Waals surface area contributed by atoms with Gasteiger partial charge in [0.1, 0.15) is 33.9 Å². The van der Waals surface area contributed by atoms with Crippen LogP contribution >= 0.6 is 85.0 Å². The summed E-state index contributed by atoms with van der Waals surface area (Å²) in [4.78, 5) is 34.7. The Morgan fingerprint density at radius 1 is 0.644 bits per heavy atom. The van der Waals surface area contributed by atoms with Crippen LogP contribution in [0.3, 0.4) is 0 Å². The number of alkyl halides is 4. The van der Waals surface area contributed by atoms with Crippen molar-refractivity contribution in [2.75, 3.05) is 19.1 Å². The van der Waals surface area contributed by atoms with Gasteiger partial charge in [0, 0.05) is 83.4 Å². The molecule has 460 valence electrons. The maximum Gasteiger partial charge on any atom is 0.387 e. The average molecular weight is 1380 g/mol. The number of esters is 2. The number of benzene rings is 4.